The molecule has 1 N–H and O–H groups in total. The molecule has 0 bridgehead atoms. The van der Waals surface area contributed by atoms with Gasteiger partial charge in [-0.3, -0.25) is 0 Å². The summed E-state index contributed by atoms with van der Waals surface area (Å²) >= 11 is 5.08. The summed E-state index contributed by atoms with van der Waals surface area (Å²) in [6.45, 7) is 0. The molecule has 0 fully saturated rings. The number of aromatic amines is 1. The van der Waals surface area contributed by atoms with Crippen molar-refractivity contribution in [2.24, 2.45) is 0 Å². The highest BCUT2D eigenvalue weighted by Gasteiger charge is 2.12. The number of rotatable bonds is 1. The van der Waals surface area contributed by atoms with Crippen LogP contribution in [0.15, 0.2) is 53.1 Å². The number of halogens is 1. The summed E-state index contributed by atoms with van der Waals surface area (Å²) in [6, 6.07) is 14.6. The van der Waals surface area contributed by atoms with Crippen LogP contribution in [0.1, 0.15) is 0 Å². The monoisotopic (exact) mass is 328 g/mol. The average Bonchev–Trinajstić information content (AvgIpc) is 3.01. The van der Waals surface area contributed by atoms with E-state index in [2.05, 4.69) is 61.7 Å². The molecule has 0 amide bonds. The van der Waals surface area contributed by atoms with Crippen molar-refractivity contribution in [2.75, 3.05) is 0 Å². The third-order valence-electron chi connectivity index (χ3n) is 3.28. The topological polar surface area (TPSA) is 28.7 Å². The summed E-state index contributed by atoms with van der Waals surface area (Å²) < 4.78 is 6.93. The van der Waals surface area contributed by atoms with E-state index in [1.165, 1.54) is 15.5 Å². The SMILES string of the molecule is Brc1ccc2[nH]cc(-c3nsc4ccccc34)c2c1. The van der Waals surface area contributed by atoms with E-state index in [1.807, 2.05) is 12.3 Å². The number of hydrogen-bond acceptors (Lipinski definition) is 2. The molecule has 0 saturated carbocycles. The molecule has 2 aromatic heterocycles. The summed E-state index contributed by atoms with van der Waals surface area (Å²) in [6.07, 6.45) is 2.04. The van der Waals surface area contributed by atoms with Gasteiger partial charge in [0.25, 0.3) is 0 Å². The maximum atomic E-state index is 4.62. The zero-order valence-corrected chi connectivity index (χ0v) is 12.3. The summed E-state index contributed by atoms with van der Waals surface area (Å²) in [7, 11) is 0. The Morgan fingerprint density at radius 2 is 1.95 bits per heavy atom. The third-order valence-corrected chi connectivity index (χ3v) is 4.60. The lowest BCUT2D eigenvalue weighted by atomic mass is 10.1. The molecule has 0 unspecified atom stereocenters. The van der Waals surface area contributed by atoms with Gasteiger partial charge in [-0.1, -0.05) is 34.1 Å². The second-order valence-corrected chi connectivity index (χ2v) is 6.14. The number of fused-ring (bicyclic) bond motifs is 2. The molecule has 19 heavy (non-hydrogen) atoms. The maximum absolute atomic E-state index is 4.62. The lowest BCUT2D eigenvalue weighted by molar-refractivity contribution is 1.46. The minimum absolute atomic E-state index is 1.06. The molecular weight excluding hydrogens is 320 g/mol. The first kappa shape index (κ1) is 11.2. The van der Waals surface area contributed by atoms with Gasteiger partial charge in [0.15, 0.2) is 0 Å². The van der Waals surface area contributed by atoms with Crippen LogP contribution in [0.5, 0.6) is 0 Å². The van der Waals surface area contributed by atoms with Crippen molar-refractivity contribution in [2.45, 2.75) is 0 Å². The minimum atomic E-state index is 1.06. The first-order valence-electron chi connectivity index (χ1n) is 5.94. The first-order chi connectivity index (χ1) is 9.33. The highest BCUT2D eigenvalue weighted by Crippen LogP contribution is 2.35. The van der Waals surface area contributed by atoms with Crippen molar-refractivity contribution in [3.05, 3.63) is 53.1 Å². The molecule has 4 rings (SSSR count). The summed E-state index contributed by atoms with van der Waals surface area (Å²) in [5.41, 5.74) is 3.36. The molecule has 2 aromatic carbocycles. The summed E-state index contributed by atoms with van der Waals surface area (Å²) in [5.74, 6) is 0. The molecule has 0 saturated heterocycles. The average molecular weight is 329 g/mol. The van der Waals surface area contributed by atoms with Gasteiger partial charge in [-0.15, -0.1) is 0 Å². The predicted octanol–water partition coefficient (Wildman–Crippen LogP) is 5.21. The number of benzene rings is 2. The Balaban J connectivity index is 2.06. The first-order valence-corrected chi connectivity index (χ1v) is 7.51. The number of nitrogens with one attached hydrogen (secondary N) is 1. The second kappa shape index (κ2) is 4.18. The van der Waals surface area contributed by atoms with E-state index in [0.29, 0.717) is 0 Å². The molecule has 4 aromatic rings. The van der Waals surface area contributed by atoms with Gasteiger partial charge in [0.1, 0.15) is 0 Å². The van der Waals surface area contributed by atoms with E-state index >= 15 is 0 Å². The van der Waals surface area contributed by atoms with E-state index in [-0.39, 0.29) is 0 Å². The van der Waals surface area contributed by atoms with E-state index < -0.39 is 0 Å². The van der Waals surface area contributed by atoms with Gasteiger partial charge in [-0.05, 0) is 35.8 Å². The Morgan fingerprint density at radius 1 is 1.05 bits per heavy atom. The number of hydrogen-bond donors (Lipinski definition) is 1. The van der Waals surface area contributed by atoms with Crippen molar-refractivity contribution in [3.63, 3.8) is 0 Å². The van der Waals surface area contributed by atoms with Crippen LogP contribution >= 0.6 is 27.5 Å². The molecule has 0 aliphatic carbocycles. The fraction of sp³-hybridized carbons (Fsp3) is 0. The molecule has 92 valence electrons. The highest BCUT2D eigenvalue weighted by atomic mass is 79.9. The molecule has 0 aliphatic heterocycles. The number of nitrogens with zero attached hydrogens (tertiary/aromatic N) is 1. The van der Waals surface area contributed by atoms with Gasteiger partial charge >= 0.3 is 0 Å². The maximum Gasteiger partial charge on any atom is 0.0940 e. The van der Waals surface area contributed by atoms with Crippen molar-refractivity contribution in [1.82, 2.24) is 9.36 Å². The number of H-pyrrole nitrogens is 1. The Morgan fingerprint density at radius 3 is 2.89 bits per heavy atom. The van der Waals surface area contributed by atoms with Crippen LogP contribution in [0, 0.1) is 0 Å². The Bertz CT molecular complexity index is 891. The zero-order valence-electron chi connectivity index (χ0n) is 9.85. The van der Waals surface area contributed by atoms with Crippen molar-refractivity contribution in [1.29, 1.82) is 0 Å². The Kier molecular flexibility index (Phi) is 2.47. The van der Waals surface area contributed by atoms with Crippen molar-refractivity contribution in [3.8, 4) is 11.3 Å². The standard InChI is InChI=1S/C15H9BrN2S/c16-9-5-6-13-11(7-9)12(8-17-13)15-10-3-1-2-4-14(10)19-18-15/h1-8,17H. The van der Waals surface area contributed by atoms with E-state index in [0.717, 1.165) is 21.2 Å². The Labute approximate surface area is 122 Å². The van der Waals surface area contributed by atoms with Gasteiger partial charge < -0.3 is 4.98 Å². The fourth-order valence-corrected chi connectivity index (χ4v) is 3.52. The molecule has 0 aliphatic rings. The van der Waals surface area contributed by atoms with Gasteiger partial charge in [-0.2, -0.15) is 4.37 Å². The molecule has 2 heterocycles. The quantitative estimate of drug-likeness (QED) is 0.510. The summed E-state index contributed by atoms with van der Waals surface area (Å²) in [4.78, 5) is 3.31. The van der Waals surface area contributed by atoms with Crippen molar-refractivity contribution < 1.29 is 0 Å². The van der Waals surface area contributed by atoms with Crippen molar-refractivity contribution >= 4 is 48.5 Å². The van der Waals surface area contributed by atoms with Crippen LogP contribution < -0.4 is 0 Å². The van der Waals surface area contributed by atoms with E-state index in [4.69, 9.17) is 0 Å². The molecule has 0 spiro atoms. The Hall–Kier alpha value is -1.65. The lowest BCUT2D eigenvalue weighted by Gasteiger charge is -1.97. The second-order valence-electron chi connectivity index (χ2n) is 4.42. The molecule has 4 heteroatoms. The molecule has 0 atom stereocenters. The van der Waals surface area contributed by atoms with Crippen LogP contribution in [0.25, 0.3) is 32.2 Å². The fourth-order valence-electron chi connectivity index (χ4n) is 2.37. The predicted molar refractivity (Wildman–Crippen MR) is 84.6 cm³/mol. The molecular formula is C15H9BrN2S. The van der Waals surface area contributed by atoms with E-state index in [9.17, 15) is 0 Å². The highest BCUT2D eigenvalue weighted by molar-refractivity contribution is 9.10. The summed E-state index contributed by atoms with van der Waals surface area (Å²) in [5, 5.41) is 2.42. The van der Waals surface area contributed by atoms with Gasteiger partial charge in [0, 0.05) is 32.5 Å². The van der Waals surface area contributed by atoms with Crippen LogP contribution in [0.3, 0.4) is 0 Å². The van der Waals surface area contributed by atoms with Crippen LogP contribution in [-0.2, 0) is 0 Å². The minimum Gasteiger partial charge on any atom is -0.360 e. The van der Waals surface area contributed by atoms with Gasteiger partial charge in [0.05, 0.1) is 10.4 Å². The van der Waals surface area contributed by atoms with Crippen LogP contribution in [0.4, 0.5) is 0 Å². The van der Waals surface area contributed by atoms with Crippen LogP contribution in [-0.4, -0.2) is 9.36 Å². The third kappa shape index (κ3) is 1.71. The van der Waals surface area contributed by atoms with Gasteiger partial charge in [0.2, 0.25) is 0 Å². The van der Waals surface area contributed by atoms with Gasteiger partial charge in [-0.25, -0.2) is 0 Å². The normalized spacial score (nSPS) is 11.4. The molecule has 0 radical (unpaired) electrons. The van der Waals surface area contributed by atoms with E-state index in [1.54, 1.807) is 11.5 Å². The molecule has 2 nitrogen and oxygen atoms in total. The zero-order chi connectivity index (χ0) is 12.8. The van der Waals surface area contributed by atoms with Crippen LogP contribution in [0.2, 0.25) is 0 Å². The lowest BCUT2D eigenvalue weighted by Crippen LogP contribution is -1.76. The smallest absolute Gasteiger partial charge is 0.0940 e. The largest absolute Gasteiger partial charge is 0.360 e. The number of aromatic nitrogens is 2.